The number of nitrogens with zero attached hydrogens (tertiary/aromatic N) is 1. The number of rotatable bonds is 3. The quantitative estimate of drug-likeness (QED) is 0.875. The lowest BCUT2D eigenvalue weighted by Crippen LogP contribution is -2.05. The SMILES string of the molecule is O=S(=O)(Cc1cncc(Br)c1)c1ccccc1. The average Bonchev–Trinajstić information content (AvgIpc) is 2.29. The van der Waals surface area contributed by atoms with Crippen LogP contribution in [0.15, 0.2) is 58.2 Å². The van der Waals surface area contributed by atoms with Gasteiger partial charge in [0.15, 0.2) is 9.84 Å². The zero-order valence-electron chi connectivity index (χ0n) is 8.88. The summed E-state index contributed by atoms with van der Waals surface area (Å²) < 4.78 is 24.9. The molecule has 1 aromatic carbocycles. The monoisotopic (exact) mass is 311 g/mol. The largest absolute Gasteiger partial charge is 0.263 e. The molecule has 0 unspecified atom stereocenters. The van der Waals surface area contributed by atoms with Gasteiger partial charge in [-0.1, -0.05) is 18.2 Å². The zero-order chi connectivity index (χ0) is 12.3. The van der Waals surface area contributed by atoms with Crippen molar-refractivity contribution in [1.29, 1.82) is 0 Å². The summed E-state index contributed by atoms with van der Waals surface area (Å²) in [5.41, 5.74) is 0.670. The summed E-state index contributed by atoms with van der Waals surface area (Å²) in [6.45, 7) is 0. The van der Waals surface area contributed by atoms with Gasteiger partial charge in [0.2, 0.25) is 0 Å². The maximum absolute atomic E-state index is 12.1. The van der Waals surface area contributed by atoms with E-state index < -0.39 is 9.84 Å². The van der Waals surface area contributed by atoms with Crippen LogP contribution in [0, 0.1) is 0 Å². The topological polar surface area (TPSA) is 47.0 Å². The number of pyridine rings is 1. The summed E-state index contributed by atoms with van der Waals surface area (Å²) in [5, 5.41) is 0. The van der Waals surface area contributed by atoms with Crippen LogP contribution in [0.3, 0.4) is 0 Å². The van der Waals surface area contributed by atoms with E-state index in [4.69, 9.17) is 0 Å². The Kier molecular flexibility index (Phi) is 3.59. The first-order valence-corrected chi connectivity index (χ1v) is 7.40. The van der Waals surface area contributed by atoms with Crippen LogP contribution in [0.2, 0.25) is 0 Å². The molecule has 2 rings (SSSR count). The van der Waals surface area contributed by atoms with Gasteiger partial charge in [-0.3, -0.25) is 4.98 Å². The predicted molar refractivity (Wildman–Crippen MR) is 69.3 cm³/mol. The fourth-order valence-corrected chi connectivity index (χ4v) is 3.21. The van der Waals surface area contributed by atoms with Crippen molar-refractivity contribution in [3.63, 3.8) is 0 Å². The van der Waals surface area contributed by atoms with E-state index in [9.17, 15) is 8.42 Å². The van der Waals surface area contributed by atoms with Crippen molar-refractivity contribution in [3.05, 3.63) is 58.8 Å². The van der Waals surface area contributed by atoms with Gasteiger partial charge in [0.05, 0.1) is 10.6 Å². The molecule has 0 aliphatic heterocycles. The Hall–Kier alpha value is -1.20. The third kappa shape index (κ3) is 3.14. The Balaban J connectivity index is 2.30. The van der Waals surface area contributed by atoms with Crippen molar-refractivity contribution < 1.29 is 8.42 Å². The molecule has 0 aliphatic carbocycles. The van der Waals surface area contributed by atoms with Crippen LogP contribution in [0.1, 0.15) is 5.56 Å². The van der Waals surface area contributed by atoms with Crippen molar-refractivity contribution in [2.75, 3.05) is 0 Å². The van der Waals surface area contributed by atoms with E-state index >= 15 is 0 Å². The van der Waals surface area contributed by atoms with Gasteiger partial charge in [0, 0.05) is 16.9 Å². The van der Waals surface area contributed by atoms with E-state index in [0.717, 1.165) is 4.47 Å². The number of halogens is 1. The molecular formula is C12H10BrNO2S. The minimum absolute atomic E-state index is 0.0382. The molecule has 1 aromatic heterocycles. The van der Waals surface area contributed by atoms with Gasteiger partial charge >= 0.3 is 0 Å². The van der Waals surface area contributed by atoms with Gasteiger partial charge in [-0.2, -0.15) is 0 Å². The standard InChI is InChI=1S/C12H10BrNO2S/c13-11-6-10(7-14-8-11)9-17(15,16)12-4-2-1-3-5-12/h1-8H,9H2. The van der Waals surface area contributed by atoms with Gasteiger partial charge in [-0.05, 0) is 39.7 Å². The minimum atomic E-state index is -3.29. The molecule has 0 atom stereocenters. The Morgan fingerprint density at radius 1 is 1.12 bits per heavy atom. The lowest BCUT2D eigenvalue weighted by molar-refractivity contribution is 0.595. The highest BCUT2D eigenvalue weighted by Gasteiger charge is 2.14. The maximum Gasteiger partial charge on any atom is 0.182 e. The second-order valence-corrected chi connectivity index (χ2v) is 6.49. The molecular weight excluding hydrogens is 302 g/mol. The van der Waals surface area contributed by atoms with Crippen molar-refractivity contribution in [1.82, 2.24) is 4.98 Å². The van der Waals surface area contributed by atoms with Crippen molar-refractivity contribution in [2.24, 2.45) is 0 Å². The lowest BCUT2D eigenvalue weighted by atomic mass is 10.3. The number of hydrogen-bond donors (Lipinski definition) is 0. The number of hydrogen-bond acceptors (Lipinski definition) is 3. The van der Waals surface area contributed by atoms with E-state index in [1.807, 2.05) is 0 Å². The van der Waals surface area contributed by atoms with E-state index in [1.54, 1.807) is 48.8 Å². The fourth-order valence-electron chi connectivity index (χ4n) is 1.47. The summed E-state index contributed by atoms with van der Waals surface area (Å²) in [6.07, 6.45) is 3.18. The molecule has 0 spiro atoms. The molecule has 0 amide bonds. The van der Waals surface area contributed by atoms with Gasteiger partial charge in [-0.25, -0.2) is 8.42 Å². The average molecular weight is 312 g/mol. The van der Waals surface area contributed by atoms with E-state index in [-0.39, 0.29) is 5.75 Å². The summed E-state index contributed by atoms with van der Waals surface area (Å²) in [7, 11) is -3.29. The van der Waals surface area contributed by atoms with Crippen molar-refractivity contribution >= 4 is 25.8 Å². The first-order valence-electron chi connectivity index (χ1n) is 4.95. The molecule has 0 saturated heterocycles. The van der Waals surface area contributed by atoms with Gasteiger partial charge in [-0.15, -0.1) is 0 Å². The van der Waals surface area contributed by atoms with Crippen LogP contribution in [-0.2, 0) is 15.6 Å². The molecule has 0 N–H and O–H groups in total. The van der Waals surface area contributed by atoms with Crippen LogP contribution >= 0.6 is 15.9 Å². The molecule has 5 heteroatoms. The van der Waals surface area contributed by atoms with E-state index in [1.165, 1.54) is 0 Å². The number of benzene rings is 1. The second-order valence-electron chi connectivity index (χ2n) is 3.58. The molecule has 88 valence electrons. The zero-order valence-corrected chi connectivity index (χ0v) is 11.3. The van der Waals surface area contributed by atoms with Gasteiger partial charge in [0.1, 0.15) is 0 Å². The third-order valence-electron chi connectivity index (χ3n) is 2.22. The normalized spacial score (nSPS) is 11.4. The summed E-state index contributed by atoms with van der Waals surface area (Å²) in [5.74, 6) is -0.0382. The highest BCUT2D eigenvalue weighted by Crippen LogP contribution is 2.17. The highest BCUT2D eigenvalue weighted by atomic mass is 79.9. The van der Waals surface area contributed by atoms with Gasteiger partial charge in [0.25, 0.3) is 0 Å². The third-order valence-corrected chi connectivity index (χ3v) is 4.36. The molecule has 0 saturated carbocycles. The van der Waals surface area contributed by atoms with E-state index in [0.29, 0.717) is 10.5 Å². The van der Waals surface area contributed by atoms with Crippen LogP contribution in [-0.4, -0.2) is 13.4 Å². The Bertz CT molecular complexity index is 611. The summed E-state index contributed by atoms with van der Waals surface area (Å²) in [6, 6.07) is 10.2. The number of aromatic nitrogens is 1. The van der Waals surface area contributed by atoms with Gasteiger partial charge < -0.3 is 0 Å². The minimum Gasteiger partial charge on any atom is -0.263 e. The van der Waals surface area contributed by atoms with Crippen LogP contribution in [0.25, 0.3) is 0 Å². The lowest BCUT2D eigenvalue weighted by Gasteiger charge is -2.04. The van der Waals surface area contributed by atoms with Crippen molar-refractivity contribution in [2.45, 2.75) is 10.6 Å². The Morgan fingerprint density at radius 3 is 2.47 bits per heavy atom. The van der Waals surface area contributed by atoms with Crippen molar-refractivity contribution in [3.8, 4) is 0 Å². The molecule has 0 aliphatic rings. The molecule has 0 fully saturated rings. The number of sulfone groups is 1. The molecule has 0 radical (unpaired) electrons. The second kappa shape index (κ2) is 4.98. The molecule has 17 heavy (non-hydrogen) atoms. The summed E-state index contributed by atoms with van der Waals surface area (Å²) in [4.78, 5) is 4.28. The van der Waals surface area contributed by atoms with Crippen LogP contribution in [0.5, 0.6) is 0 Å². The predicted octanol–water partition coefficient (Wildman–Crippen LogP) is 2.82. The molecule has 0 bridgehead atoms. The first kappa shape index (κ1) is 12.3. The molecule has 3 nitrogen and oxygen atoms in total. The maximum atomic E-state index is 12.1. The Labute approximate surface area is 109 Å². The van der Waals surface area contributed by atoms with Crippen LogP contribution < -0.4 is 0 Å². The first-order chi connectivity index (χ1) is 8.08. The fraction of sp³-hybridized carbons (Fsp3) is 0.0833. The summed E-state index contributed by atoms with van der Waals surface area (Å²) >= 11 is 3.27. The molecule has 1 heterocycles. The Morgan fingerprint density at radius 2 is 1.82 bits per heavy atom. The smallest absolute Gasteiger partial charge is 0.182 e. The molecule has 2 aromatic rings. The highest BCUT2D eigenvalue weighted by molar-refractivity contribution is 9.10. The van der Waals surface area contributed by atoms with E-state index in [2.05, 4.69) is 20.9 Å². The van der Waals surface area contributed by atoms with Crippen LogP contribution in [0.4, 0.5) is 0 Å².